The lowest BCUT2D eigenvalue weighted by molar-refractivity contribution is 0.131. The highest BCUT2D eigenvalue weighted by Crippen LogP contribution is 1.99. The number of aromatic nitrogens is 1. The monoisotopic (exact) mass is 162 g/mol. The minimum atomic E-state index is 0.516. The van der Waals surface area contributed by atoms with Crippen LogP contribution in [0.2, 0.25) is 0 Å². The summed E-state index contributed by atoms with van der Waals surface area (Å²) in [5, 5.41) is 8.48. The molecule has 0 aliphatic rings. The van der Waals surface area contributed by atoms with Crippen LogP contribution in [0.3, 0.4) is 0 Å². The van der Waals surface area contributed by atoms with Crippen molar-refractivity contribution < 1.29 is 4.74 Å². The molecular weight excluding hydrogens is 152 g/mol. The Morgan fingerprint density at radius 2 is 2.42 bits per heavy atom. The molecule has 0 radical (unpaired) electrons. The van der Waals surface area contributed by atoms with Crippen molar-refractivity contribution in [2.45, 2.75) is 13.5 Å². The number of nitriles is 1. The molecule has 0 unspecified atom stereocenters. The van der Waals surface area contributed by atoms with Crippen molar-refractivity contribution in [3.8, 4) is 6.07 Å². The molecule has 0 N–H and O–H groups in total. The topological polar surface area (TPSA) is 45.9 Å². The summed E-state index contributed by atoms with van der Waals surface area (Å²) in [6.45, 7) is 3.13. The van der Waals surface area contributed by atoms with Crippen LogP contribution < -0.4 is 0 Å². The molecule has 1 heterocycles. The second-order valence-electron chi connectivity index (χ2n) is 2.29. The van der Waals surface area contributed by atoms with Crippen molar-refractivity contribution >= 4 is 0 Å². The summed E-state index contributed by atoms with van der Waals surface area (Å²) in [5.41, 5.74) is 1.44. The van der Waals surface area contributed by atoms with Gasteiger partial charge in [0.15, 0.2) is 0 Å². The van der Waals surface area contributed by atoms with Gasteiger partial charge in [0, 0.05) is 12.8 Å². The fraction of sp³-hybridized carbons (Fsp3) is 0.333. The van der Waals surface area contributed by atoms with E-state index in [1.807, 2.05) is 13.0 Å². The molecule has 0 saturated carbocycles. The largest absolute Gasteiger partial charge is 0.375 e. The van der Waals surface area contributed by atoms with E-state index in [4.69, 9.17) is 10.00 Å². The number of nitrogens with zero attached hydrogens (tertiary/aromatic N) is 2. The van der Waals surface area contributed by atoms with Crippen LogP contribution in [0.15, 0.2) is 18.3 Å². The van der Waals surface area contributed by atoms with Crippen molar-refractivity contribution in [3.05, 3.63) is 29.6 Å². The Kier molecular flexibility index (Phi) is 3.24. The average Bonchev–Trinajstić information content (AvgIpc) is 2.15. The fourth-order valence-electron chi connectivity index (χ4n) is 0.783. The van der Waals surface area contributed by atoms with Gasteiger partial charge >= 0.3 is 0 Å². The third-order valence-corrected chi connectivity index (χ3v) is 1.41. The first-order valence-electron chi connectivity index (χ1n) is 3.79. The third kappa shape index (κ3) is 2.33. The van der Waals surface area contributed by atoms with Crippen LogP contribution in [0.5, 0.6) is 0 Å². The summed E-state index contributed by atoms with van der Waals surface area (Å²) in [6, 6.07) is 5.54. The standard InChI is InChI=1S/C9H10N2O/c1-2-12-7-9-4-3-8(5-10)6-11-9/h3-4,6H,2,7H2,1H3. The number of hydrogen-bond donors (Lipinski definition) is 0. The molecule has 1 aromatic heterocycles. The van der Waals surface area contributed by atoms with Crippen LogP contribution in [0.4, 0.5) is 0 Å². The van der Waals surface area contributed by atoms with Gasteiger partial charge in [0.25, 0.3) is 0 Å². The van der Waals surface area contributed by atoms with Gasteiger partial charge in [-0.2, -0.15) is 5.26 Å². The molecule has 0 bridgehead atoms. The van der Waals surface area contributed by atoms with Gasteiger partial charge in [-0.15, -0.1) is 0 Å². The van der Waals surface area contributed by atoms with E-state index in [2.05, 4.69) is 4.98 Å². The second kappa shape index (κ2) is 4.47. The van der Waals surface area contributed by atoms with Crippen LogP contribution in [0, 0.1) is 11.3 Å². The van der Waals surface area contributed by atoms with Gasteiger partial charge < -0.3 is 4.74 Å². The van der Waals surface area contributed by atoms with Gasteiger partial charge in [-0.25, -0.2) is 0 Å². The summed E-state index contributed by atoms with van der Waals surface area (Å²) >= 11 is 0. The SMILES string of the molecule is CCOCc1ccc(C#N)cn1. The summed E-state index contributed by atoms with van der Waals surface area (Å²) in [6.07, 6.45) is 1.55. The van der Waals surface area contributed by atoms with E-state index >= 15 is 0 Å². The molecule has 0 aliphatic carbocycles. The summed E-state index contributed by atoms with van der Waals surface area (Å²) in [7, 11) is 0. The lowest BCUT2D eigenvalue weighted by Gasteiger charge is -1.99. The molecule has 0 aliphatic heterocycles. The molecule has 62 valence electrons. The van der Waals surface area contributed by atoms with Crippen LogP contribution in [0.25, 0.3) is 0 Å². The van der Waals surface area contributed by atoms with Crippen LogP contribution in [0.1, 0.15) is 18.2 Å². The maximum atomic E-state index is 8.48. The summed E-state index contributed by atoms with van der Waals surface area (Å²) in [5.74, 6) is 0. The van der Waals surface area contributed by atoms with E-state index in [0.29, 0.717) is 18.8 Å². The van der Waals surface area contributed by atoms with Crippen molar-refractivity contribution in [3.63, 3.8) is 0 Å². The zero-order valence-electron chi connectivity index (χ0n) is 6.95. The lowest BCUT2D eigenvalue weighted by atomic mass is 10.3. The predicted octanol–water partition coefficient (Wildman–Crippen LogP) is 1.49. The molecule has 12 heavy (non-hydrogen) atoms. The van der Waals surface area contributed by atoms with Gasteiger partial charge in [0.2, 0.25) is 0 Å². The van der Waals surface area contributed by atoms with Gasteiger partial charge in [-0.3, -0.25) is 4.98 Å². The van der Waals surface area contributed by atoms with Crippen LogP contribution >= 0.6 is 0 Å². The molecule has 0 atom stereocenters. The first kappa shape index (κ1) is 8.69. The van der Waals surface area contributed by atoms with E-state index in [1.165, 1.54) is 0 Å². The molecule has 0 spiro atoms. The Bertz CT molecular complexity index is 274. The third-order valence-electron chi connectivity index (χ3n) is 1.41. The molecule has 3 heteroatoms. The zero-order valence-corrected chi connectivity index (χ0v) is 6.95. The molecule has 0 fully saturated rings. The van der Waals surface area contributed by atoms with Crippen molar-refractivity contribution in [1.82, 2.24) is 4.98 Å². The second-order valence-corrected chi connectivity index (χ2v) is 2.29. The molecule has 0 aromatic carbocycles. The summed E-state index contributed by atoms with van der Waals surface area (Å²) in [4.78, 5) is 4.04. The van der Waals surface area contributed by atoms with E-state index in [9.17, 15) is 0 Å². The highest BCUT2D eigenvalue weighted by molar-refractivity contribution is 5.26. The highest BCUT2D eigenvalue weighted by Gasteiger charge is 1.93. The maximum absolute atomic E-state index is 8.48. The predicted molar refractivity (Wildman–Crippen MR) is 44.3 cm³/mol. The normalized spacial score (nSPS) is 9.33. The van der Waals surface area contributed by atoms with Crippen molar-refractivity contribution in [1.29, 1.82) is 5.26 Å². The Morgan fingerprint density at radius 3 is 2.92 bits per heavy atom. The zero-order chi connectivity index (χ0) is 8.81. The molecule has 3 nitrogen and oxygen atoms in total. The van der Waals surface area contributed by atoms with E-state index in [-0.39, 0.29) is 0 Å². The molecule has 0 amide bonds. The molecule has 0 saturated heterocycles. The Hall–Kier alpha value is -1.40. The Morgan fingerprint density at radius 1 is 1.58 bits per heavy atom. The Labute approximate surface area is 71.6 Å². The smallest absolute Gasteiger partial charge is 0.101 e. The number of hydrogen-bond acceptors (Lipinski definition) is 3. The van der Waals surface area contributed by atoms with Gasteiger partial charge in [0.05, 0.1) is 17.9 Å². The molecule has 1 aromatic rings. The Balaban J connectivity index is 2.60. The average molecular weight is 162 g/mol. The minimum Gasteiger partial charge on any atom is -0.375 e. The van der Waals surface area contributed by atoms with Crippen molar-refractivity contribution in [2.75, 3.05) is 6.61 Å². The van der Waals surface area contributed by atoms with Crippen LogP contribution in [-0.2, 0) is 11.3 Å². The number of ether oxygens (including phenoxy) is 1. The van der Waals surface area contributed by atoms with E-state index in [1.54, 1.807) is 18.3 Å². The van der Waals surface area contributed by atoms with Crippen LogP contribution in [-0.4, -0.2) is 11.6 Å². The van der Waals surface area contributed by atoms with E-state index < -0.39 is 0 Å². The van der Waals surface area contributed by atoms with E-state index in [0.717, 1.165) is 5.69 Å². The maximum Gasteiger partial charge on any atom is 0.101 e. The fourth-order valence-corrected chi connectivity index (χ4v) is 0.783. The van der Waals surface area contributed by atoms with Gasteiger partial charge in [0.1, 0.15) is 6.07 Å². The summed E-state index contributed by atoms with van der Waals surface area (Å²) < 4.78 is 5.15. The van der Waals surface area contributed by atoms with Gasteiger partial charge in [-0.05, 0) is 19.1 Å². The molecular formula is C9H10N2O. The first-order chi connectivity index (χ1) is 5.86. The van der Waals surface area contributed by atoms with Crippen molar-refractivity contribution in [2.24, 2.45) is 0 Å². The molecule has 1 rings (SSSR count). The van der Waals surface area contributed by atoms with Gasteiger partial charge in [-0.1, -0.05) is 0 Å². The lowest BCUT2D eigenvalue weighted by Crippen LogP contribution is -1.94. The quantitative estimate of drug-likeness (QED) is 0.676. The highest BCUT2D eigenvalue weighted by atomic mass is 16.5. The number of rotatable bonds is 3. The first-order valence-corrected chi connectivity index (χ1v) is 3.79. The minimum absolute atomic E-state index is 0.516. The number of pyridine rings is 1.